The van der Waals surface area contributed by atoms with E-state index in [4.69, 9.17) is 4.74 Å². The maximum absolute atomic E-state index is 11.6. The number of carbonyl (C=O) groups is 1. The quantitative estimate of drug-likeness (QED) is 0.770. The van der Waals surface area contributed by atoms with Gasteiger partial charge in [-0.05, 0) is 12.5 Å². The van der Waals surface area contributed by atoms with E-state index in [0.29, 0.717) is 16.9 Å². The van der Waals surface area contributed by atoms with Crippen LogP contribution in [0.15, 0.2) is 29.6 Å². The number of rotatable bonds is 4. The fourth-order valence-corrected chi connectivity index (χ4v) is 5.69. The van der Waals surface area contributed by atoms with E-state index in [2.05, 4.69) is 29.2 Å². The number of benzene rings is 1. The van der Waals surface area contributed by atoms with Crippen molar-refractivity contribution in [1.82, 2.24) is 4.98 Å². The van der Waals surface area contributed by atoms with Crippen molar-refractivity contribution in [1.29, 1.82) is 0 Å². The smallest absolute Gasteiger partial charge is 0.357 e. The molecule has 1 aromatic heterocycles. The van der Waals surface area contributed by atoms with Gasteiger partial charge in [0.2, 0.25) is 0 Å². The Balaban J connectivity index is 1.76. The summed E-state index contributed by atoms with van der Waals surface area (Å²) in [6.07, 6.45) is 0. The van der Waals surface area contributed by atoms with E-state index in [0.717, 1.165) is 10.6 Å². The third kappa shape index (κ3) is 3.44. The lowest BCUT2D eigenvalue weighted by atomic mass is 10.1. The van der Waals surface area contributed by atoms with Gasteiger partial charge in [-0.2, -0.15) is 0 Å². The minimum absolute atomic E-state index is 0.352. The van der Waals surface area contributed by atoms with Crippen LogP contribution in [0.5, 0.6) is 0 Å². The summed E-state index contributed by atoms with van der Waals surface area (Å²) >= 11 is 5.47. The average Bonchev–Trinajstić information content (AvgIpc) is 3.19. The molecule has 0 radical (unpaired) electrons. The number of nitrogens with zero attached hydrogens (tertiary/aromatic N) is 1. The summed E-state index contributed by atoms with van der Waals surface area (Å²) in [5.74, 6) is 2.11. The van der Waals surface area contributed by atoms with Crippen molar-refractivity contribution in [2.24, 2.45) is 0 Å². The zero-order valence-electron chi connectivity index (χ0n) is 11.6. The second kappa shape index (κ2) is 6.85. The number of thioether (sulfide) groups is 2. The Labute approximate surface area is 136 Å². The second-order valence-corrected chi connectivity index (χ2v) is 8.04. The highest BCUT2D eigenvalue weighted by molar-refractivity contribution is 8.19. The van der Waals surface area contributed by atoms with Gasteiger partial charge in [0.25, 0.3) is 0 Å². The summed E-state index contributed by atoms with van der Waals surface area (Å²) in [7, 11) is 0. The highest BCUT2D eigenvalue weighted by atomic mass is 32.2. The first-order chi connectivity index (χ1) is 10.3. The Bertz CT molecular complexity index is 618. The highest BCUT2D eigenvalue weighted by Gasteiger charge is 2.18. The molecule has 2 aromatic rings. The van der Waals surface area contributed by atoms with Crippen molar-refractivity contribution in [3.05, 3.63) is 40.9 Å². The number of ether oxygens (including phenoxy) is 1. The molecule has 1 aliphatic heterocycles. The van der Waals surface area contributed by atoms with E-state index in [9.17, 15) is 4.79 Å². The monoisotopic (exact) mass is 337 g/mol. The van der Waals surface area contributed by atoms with Crippen molar-refractivity contribution in [3.63, 3.8) is 0 Å². The molecule has 21 heavy (non-hydrogen) atoms. The van der Waals surface area contributed by atoms with Gasteiger partial charge in [-0.1, -0.05) is 24.3 Å². The van der Waals surface area contributed by atoms with E-state index < -0.39 is 0 Å². The molecule has 1 fully saturated rings. The summed E-state index contributed by atoms with van der Waals surface area (Å²) in [6.45, 7) is 2.17. The predicted octanol–water partition coefficient (Wildman–Crippen LogP) is 4.47. The average molecular weight is 337 g/mol. The minimum atomic E-state index is -0.352. The molecule has 3 rings (SSSR count). The van der Waals surface area contributed by atoms with E-state index in [1.165, 1.54) is 28.4 Å². The number of thiazole rings is 1. The van der Waals surface area contributed by atoms with Gasteiger partial charge in [0.1, 0.15) is 5.01 Å². The fraction of sp³-hybridized carbons (Fsp3) is 0.333. The van der Waals surface area contributed by atoms with Crippen LogP contribution >= 0.6 is 34.9 Å². The zero-order chi connectivity index (χ0) is 14.7. The first kappa shape index (κ1) is 14.9. The highest BCUT2D eigenvalue weighted by Crippen LogP contribution is 2.45. The molecule has 0 aliphatic carbocycles. The number of hydrogen-bond donors (Lipinski definition) is 0. The molecule has 6 heteroatoms. The Hall–Kier alpha value is -0.980. The molecule has 0 N–H and O–H groups in total. The van der Waals surface area contributed by atoms with Gasteiger partial charge in [-0.3, -0.25) is 0 Å². The molecule has 0 bridgehead atoms. The fourth-order valence-electron chi connectivity index (χ4n) is 2.04. The topological polar surface area (TPSA) is 39.2 Å². The van der Waals surface area contributed by atoms with Crippen LogP contribution in [0.2, 0.25) is 0 Å². The molecular formula is C15H15NO2S3. The van der Waals surface area contributed by atoms with Gasteiger partial charge in [-0.25, -0.2) is 9.78 Å². The summed E-state index contributed by atoms with van der Waals surface area (Å²) in [5, 5.41) is 2.61. The lowest BCUT2D eigenvalue weighted by Gasteiger charge is -2.08. The third-order valence-corrected chi connectivity index (χ3v) is 7.04. The summed E-state index contributed by atoms with van der Waals surface area (Å²) in [5.41, 5.74) is 2.79. The van der Waals surface area contributed by atoms with E-state index in [1.807, 2.05) is 23.5 Å². The van der Waals surface area contributed by atoms with Crippen LogP contribution in [0.4, 0.5) is 0 Å². The van der Waals surface area contributed by atoms with Crippen LogP contribution in [0.25, 0.3) is 10.6 Å². The van der Waals surface area contributed by atoms with Gasteiger partial charge in [0.15, 0.2) is 5.69 Å². The van der Waals surface area contributed by atoms with Crippen molar-refractivity contribution in [2.75, 3.05) is 18.1 Å². The van der Waals surface area contributed by atoms with E-state index in [-0.39, 0.29) is 5.97 Å². The number of aromatic nitrogens is 1. The van der Waals surface area contributed by atoms with Crippen molar-refractivity contribution in [2.45, 2.75) is 11.5 Å². The Morgan fingerprint density at radius 1 is 1.29 bits per heavy atom. The van der Waals surface area contributed by atoms with Crippen LogP contribution in [0.1, 0.15) is 27.6 Å². The van der Waals surface area contributed by atoms with Crippen LogP contribution < -0.4 is 0 Å². The van der Waals surface area contributed by atoms with Gasteiger partial charge < -0.3 is 4.74 Å². The molecule has 0 amide bonds. The van der Waals surface area contributed by atoms with Gasteiger partial charge in [-0.15, -0.1) is 34.9 Å². The Kier molecular flexibility index (Phi) is 4.87. The molecular weight excluding hydrogens is 322 g/mol. The number of carbonyl (C=O) groups excluding carboxylic acids is 1. The molecule has 2 heterocycles. The van der Waals surface area contributed by atoms with Gasteiger partial charge in [0.05, 0.1) is 11.2 Å². The molecule has 110 valence electrons. The minimum Gasteiger partial charge on any atom is -0.461 e. The normalized spacial score (nSPS) is 15.3. The Morgan fingerprint density at radius 2 is 2.00 bits per heavy atom. The van der Waals surface area contributed by atoms with E-state index in [1.54, 1.807) is 12.3 Å². The van der Waals surface area contributed by atoms with Crippen LogP contribution in [0.3, 0.4) is 0 Å². The maximum atomic E-state index is 11.6. The number of hydrogen-bond acceptors (Lipinski definition) is 6. The van der Waals surface area contributed by atoms with Gasteiger partial charge >= 0.3 is 5.97 Å². The molecule has 1 aromatic carbocycles. The molecule has 0 unspecified atom stereocenters. The maximum Gasteiger partial charge on any atom is 0.357 e. The first-order valence-corrected chi connectivity index (χ1v) is 9.72. The first-order valence-electron chi connectivity index (χ1n) is 6.74. The lowest BCUT2D eigenvalue weighted by molar-refractivity contribution is 0.0520. The van der Waals surface area contributed by atoms with Crippen LogP contribution in [0, 0.1) is 0 Å². The predicted molar refractivity (Wildman–Crippen MR) is 91.2 cm³/mol. The van der Waals surface area contributed by atoms with Crippen LogP contribution in [-0.4, -0.2) is 29.1 Å². The largest absolute Gasteiger partial charge is 0.461 e. The third-order valence-electron chi connectivity index (χ3n) is 3.04. The molecule has 0 saturated carbocycles. The van der Waals surface area contributed by atoms with Crippen molar-refractivity contribution < 1.29 is 9.53 Å². The Morgan fingerprint density at radius 3 is 2.67 bits per heavy atom. The van der Waals surface area contributed by atoms with Crippen LogP contribution in [-0.2, 0) is 4.74 Å². The summed E-state index contributed by atoms with van der Waals surface area (Å²) in [6, 6.07) is 8.50. The number of esters is 1. The summed E-state index contributed by atoms with van der Waals surface area (Å²) < 4.78 is 5.52. The second-order valence-electron chi connectivity index (χ2n) is 4.45. The van der Waals surface area contributed by atoms with E-state index >= 15 is 0 Å². The lowest BCUT2D eigenvalue weighted by Crippen LogP contribution is -2.04. The molecule has 1 saturated heterocycles. The molecule has 1 aliphatic rings. The SMILES string of the molecule is CCOC(=O)c1csc(-c2ccc(C3SCCS3)cc2)n1. The molecule has 0 atom stereocenters. The van der Waals surface area contributed by atoms with Gasteiger partial charge in [0, 0.05) is 22.4 Å². The molecule has 3 nitrogen and oxygen atoms in total. The van der Waals surface area contributed by atoms with Crippen molar-refractivity contribution in [3.8, 4) is 10.6 Å². The standard InChI is InChI=1S/C15H15NO2S3/c1-2-18-14(17)12-9-21-13(16-12)10-3-5-11(6-4-10)15-19-7-8-20-15/h3-6,9,15H,2,7-8H2,1H3. The molecule has 0 spiro atoms. The summed E-state index contributed by atoms with van der Waals surface area (Å²) in [4.78, 5) is 16.0. The zero-order valence-corrected chi connectivity index (χ0v) is 14.0. The van der Waals surface area contributed by atoms with Crippen molar-refractivity contribution >= 4 is 40.8 Å².